The summed E-state index contributed by atoms with van der Waals surface area (Å²) in [6, 6.07) is 0. The predicted molar refractivity (Wildman–Crippen MR) is 61.5 cm³/mol. The van der Waals surface area contributed by atoms with E-state index in [2.05, 4.69) is 6.58 Å². The summed E-state index contributed by atoms with van der Waals surface area (Å²) in [6.07, 6.45) is 0.819. The summed E-state index contributed by atoms with van der Waals surface area (Å²) in [6.45, 7) is 9.44. The van der Waals surface area contributed by atoms with Gasteiger partial charge in [-0.05, 0) is 19.8 Å². The molecule has 0 aromatic rings. The van der Waals surface area contributed by atoms with E-state index in [1.807, 2.05) is 13.8 Å². The smallest absolute Gasteiger partial charge is 0.328 e. The van der Waals surface area contributed by atoms with Gasteiger partial charge in [0.15, 0.2) is 0 Å². The number of allylic oxidation sites excluding steroid dienone is 1. The van der Waals surface area contributed by atoms with E-state index in [-0.39, 0.29) is 0 Å². The molecule has 0 fully saturated rings. The highest BCUT2D eigenvalue weighted by molar-refractivity contribution is 5.83. The highest BCUT2D eigenvalue weighted by Crippen LogP contribution is 2.25. The van der Waals surface area contributed by atoms with Crippen LogP contribution in [0.4, 0.5) is 8.78 Å². The fourth-order valence-corrected chi connectivity index (χ4v) is 1.54. The molecule has 16 heavy (non-hydrogen) atoms. The maximum absolute atomic E-state index is 13.5. The molecule has 1 amide bonds. The van der Waals surface area contributed by atoms with Crippen molar-refractivity contribution >= 4 is 5.91 Å². The molecule has 0 saturated carbocycles. The molecule has 0 radical (unpaired) electrons. The molecule has 0 aliphatic carbocycles. The van der Waals surface area contributed by atoms with Crippen LogP contribution in [-0.2, 0) is 4.79 Å². The standard InChI is InChI=1S/C12H21F2NO/c1-5-7-15(8-6-2)11(16)12(13,14)9-10(3)4/h3,5-9H2,1-2,4H3. The van der Waals surface area contributed by atoms with Gasteiger partial charge in [0, 0.05) is 19.5 Å². The summed E-state index contributed by atoms with van der Waals surface area (Å²) < 4.78 is 27.0. The fraction of sp³-hybridized carbons (Fsp3) is 0.750. The number of hydrogen-bond acceptors (Lipinski definition) is 1. The van der Waals surface area contributed by atoms with Gasteiger partial charge in [0.25, 0.3) is 5.91 Å². The molecule has 0 atom stereocenters. The van der Waals surface area contributed by atoms with Gasteiger partial charge in [0.1, 0.15) is 0 Å². The Morgan fingerprint density at radius 3 is 2.00 bits per heavy atom. The van der Waals surface area contributed by atoms with Gasteiger partial charge >= 0.3 is 5.92 Å². The van der Waals surface area contributed by atoms with E-state index in [9.17, 15) is 13.6 Å². The molecular formula is C12H21F2NO. The van der Waals surface area contributed by atoms with Crippen molar-refractivity contribution in [2.45, 2.75) is 46.0 Å². The third-order valence-electron chi connectivity index (χ3n) is 2.11. The van der Waals surface area contributed by atoms with Gasteiger partial charge in [-0.3, -0.25) is 4.79 Å². The molecule has 0 unspecified atom stereocenters. The van der Waals surface area contributed by atoms with E-state index in [1.165, 1.54) is 11.8 Å². The van der Waals surface area contributed by atoms with E-state index in [1.54, 1.807) is 0 Å². The quantitative estimate of drug-likeness (QED) is 0.618. The SMILES string of the molecule is C=C(C)CC(F)(F)C(=O)N(CCC)CCC. The number of halogens is 2. The molecule has 0 spiro atoms. The minimum atomic E-state index is -3.31. The van der Waals surface area contributed by atoms with Crippen molar-refractivity contribution in [3.8, 4) is 0 Å². The van der Waals surface area contributed by atoms with Crippen LogP contribution in [0.15, 0.2) is 12.2 Å². The van der Waals surface area contributed by atoms with Crippen LogP contribution in [-0.4, -0.2) is 29.8 Å². The Labute approximate surface area is 96.3 Å². The second-order valence-electron chi connectivity index (χ2n) is 4.13. The number of carbonyl (C=O) groups is 1. The molecule has 0 aromatic carbocycles. The summed E-state index contributed by atoms with van der Waals surface area (Å²) in [5, 5.41) is 0. The molecule has 0 rings (SSSR count). The van der Waals surface area contributed by atoms with Crippen LogP contribution in [0.5, 0.6) is 0 Å². The van der Waals surface area contributed by atoms with E-state index >= 15 is 0 Å². The molecule has 2 nitrogen and oxygen atoms in total. The topological polar surface area (TPSA) is 20.3 Å². The van der Waals surface area contributed by atoms with E-state index < -0.39 is 18.3 Å². The minimum absolute atomic E-state index is 0.325. The van der Waals surface area contributed by atoms with Crippen LogP contribution in [0.25, 0.3) is 0 Å². The van der Waals surface area contributed by atoms with Crippen molar-refractivity contribution in [3.63, 3.8) is 0 Å². The molecule has 94 valence electrons. The number of alkyl halides is 2. The average molecular weight is 233 g/mol. The predicted octanol–water partition coefficient (Wildman–Crippen LogP) is 3.24. The first-order valence-electron chi connectivity index (χ1n) is 5.66. The second-order valence-corrected chi connectivity index (χ2v) is 4.13. The van der Waals surface area contributed by atoms with Crippen molar-refractivity contribution in [3.05, 3.63) is 12.2 Å². The lowest BCUT2D eigenvalue weighted by atomic mass is 10.1. The highest BCUT2D eigenvalue weighted by atomic mass is 19.3. The van der Waals surface area contributed by atoms with Crippen LogP contribution in [0.1, 0.15) is 40.0 Å². The Hall–Kier alpha value is -0.930. The highest BCUT2D eigenvalue weighted by Gasteiger charge is 2.41. The van der Waals surface area contributed by atoms with Crippen LogP contribution >= 0.6 is 0 Å². The largest absolute Gasteiger partial charge is 0.337 e. The number of carbonyl (C=O) groups excluding carboxylic acids is 1. The van der Waals surface area contributed by atoms with Gasteiger partial charge in [-0.1, -0.05) is 26.0 Å². The minimum Gasteiger partial charge on any atom is -0.337 e. The summed E-state index contributed by atoms with van der Waals surface area (Å²) in [4.78, 5) is 12.9. The van der Waals surface area contributed by atoms with Crippen molar-refractivity contribution in [1.82, 2.24) is 4.90 Å². The van der Waals surface area contributed by atoms with Gasteiger partial charge in [-0.25, -0.2) is 0 Å². The van der Waals surface area contributed by atoms with E-state index in [0.29, 0.717) is 31.5 Å². The van der Waals surface area contributed by atoms with Gasteiger partial charge < -0.3 is 4.90 Å². The Morgan fingerprint density at radius 2 is 1.69 bits per heavy atom. The number of rotatable bonds is 7. The van der Waals surface area contributed by atoms with Gasteiger partial charge in [-0.15, -0.1) is 0 Å². The maximum atomic E-state index is 13.5. The third kappa shape index (κ3) is 4.73. The van der Waals surface area contributed by atoms with Crippen molar-refractivity contribution in [2.24, 2.45) is 0 Å². The van der Waals surface area contributed by atoms with Crippen LogP contribution in [0, 0.1) is 0 Å². The molecule has 0 aliphatic heterocycles. The maximum Gasteiger partial charge on any atom is 0.328 e. The van der Waals surface area contributed by atoms with Gasteiger partial charge in [0.2, 0.25) is 0 Å². The molecular weight excluding hydrogens is 212 g/mol. The lowest BCUT2D eigenvalue weighted by Gasteiger charge is -2.26. The number of hydrogen-bond donors (Lipinski definition) is 0. The summed E-state index contributed by atoms with van der Waals surface area (Å²) in [7, 11) is 0. The van der Waals surface area contributed by atoms with Gasteiger partial charge in [-0.2, -0.15) is 8.78 Å². The molecule has 0 heterocycles. The zero-order valence-electron chi connectivity index (χ0n) is 10.4. The zero-order valence-corrected chi connectivity index (χ0v) is 10.4. The van der Waals surface area contributed by atoms with Crippen molar-refractivity contribution < 1.29 is 13.6 Å². The second kappa shape index (κ2) is 6.61. The molecule has 0 bridgehead atoms. The number of amides is 1. The zero-order chi connectivity index (χ0) is 12.8. The molecule has 0 aliphatic rings. The van der Waals surface area contributed by atoms with Gasteiger partial charge in [0.05, 0.1) is 0 Å². The molecule has 0 aromatic heterocycles. The summed E-state index contributed by atoms with van der Waals surface area (Å²) >= 11 is 0. The molecule has 0 saturated heterocycles. The lowest BCUT2D eigenvalue weighted by molar-refractivity contribution is -0.157. The van der Waals surface area contributed by atoms with Crippen LogP contribution in [0.2, 0.25) is 0 Å². The Kier molecular flexibility index (Phi) is 6.22. The first-order valence-corrected chi connectivity index (χ1v) is 5.66. The monoisotopic (exact) mass is 233 g/mol. The average Bonchev–Trinajstić information content (AvgIpc) is 2.14. The first-order chi connectivity index (χ1) is 7.35. The number of nitrogens with zero attached hydrogens (tertiary/aromatic N) is 1. The van der Waals surface area contributed by atoms with E-state index in [0.717, 1.165) is 0 Å². The normalized spacial score (nSPS) is 11.3. The van der Waals surface area contributed by atoms with Crippen LogP contribution < -0.4 is 0 Å². The summed E-state index contributed by atoms with van der Waals surface area (Å²) in [5.41, 5.74) is 0.325. The lowest BCUT2D eigenvalue weighted by Crippen LogP contribution is -2.44. The Morgan fingerprint density at radius 1 is 1.25 bits per heavy atom. The Bertz CT molecular complexity index is 245. The molecule has 4 heteroatoms. The summed E-state index contributed by atoms with van der Waals surface area (Å²) in [5.74, 6) is -4.38. The van der Waals surface area contributed by atoms with E-state index in [4.69, 9.17) is 0 Å². The van der Waals surface area contributed by atoms with Crippen LogP contribution in [0.3, 0.4) is 0 Å². The fourth-order valence-electron chi connectivity index (χ4n) is 1.54. The van der Waals surface area contributed by atoms with Crippen molar-refractivity contribution in [2.75, 3.05) is 13.1 Å². The van der Waals surface area contributed by atoms with Crippen molar-refractivity contribution in [1.29, 1.82) is 0 Å². The molecule has 0 N–H and O–H groups in total. The Balaban J connectivity index is 4.62. The first kappa shape index (κ1) is 15.1. The third-order valence-corrected chi connectivity index (χ3v) is 2.11.